The van der Waals surface area contributed by atoms with Gasteiger partial charge in [0.25, 0.3) is 0 Å². The summed E-state index contributed by atoms with van der Waals surface area (Å²) in [5.41, 5.74) is 1.21. The zero-order valence-corrected chi connectivity index (χ0v) is 8.31. The van der Waals surface area contributed by atoms with E-state index in [-0.39, 0.29) is 24.6 Å². The van der Waals surface area contributed by atoms with E-state index in [2.05, 4.69) is 11.0 Å². The fourth-order valence-electron chi connectivity index (χ4n) is 2.01. The molecule has 1 N–H and O–H groups in total. The highest BCUT2D eigenvalue weighted by Gasteiger charge is 2.37. The number of aliphatic hydroxyl groups excluding tert-OH is 1. The summed E-state index contributed by atoms with van der Waals surface area (Å²) in [5, 5.41) is 9.56. The number of aliphatic hydroxyl groups is 1. The minimum atomic E-state index is -0.178. The van der Waals surface area contributed by atoms with Crippen molar-refractivity contribution >= 4 is 24.0 Å². The van der Waals surface area contributed by atoms with Crippen LogP contribution < -0.4 is 0 Å². The van der Waals surface area contributed by atoms with Crippen LogP contribution in [-0.4, -0.2) is 41.1 Å². The molecule has 0 amide bonds. The van der Waals surface area contributed by atoms with Crippen LogP contribution in [0.1, 0.15) is 6.42 Å². The van der Waals surface area contributed by atoms with Crippen LogP contribution in [0.25, 0.3) is 0 Å². The van der Waals surface area contributed by atoms with Gasteiger partial charge in [0.1, 0.15) is 0 Å². The second-order valence-electron chi connectivity index (χ2n) is 3.21. The Morgan fingerprint density at radius 2 is 2.42 bits per heavy atom. The van der Waals surface area contributed by atoms with Crippen molar-refractivity contribution in [3.63, 3.8) is 0 Å². The summed E-state index contributed by atoms with van der Waals surface area (Å²) in [6.07, 6.45) is 2.86. The Morgan fingerprint density at radius 1 is 1.67 bits per heavy atom. The molecule has 0 radical (unpaired) electrons. The van der Waals surface area contributed by atoms with E-state index >= 15 is 0 Å². The van der Waals surface area contributed by atoms with Gasteiger partial charge >= 0.3 is 0 Å². The molecule has 70 valence electrons. The third kappa shape index (κ3) is 1.49. The Balaban J connectivity index is 0.000000720. The first-order valence-electron chi connectivity index (χ1n) is 4.00. The molecule has 1 fully saturated rings. The quantitative estimate of drug-likeness (QED) is 0.516. The second-order valence-corrected chi connectivity index (χ2v) is 3.48. The first-order valence-corrected chi connectivity index (χ1v) is 4.53. The number of fused-ring (bicyclic) bond motifs is 1. The van der Waals surface area contributed by atoms with E-state index in [9.17, 15) is 5.11 Å². The molecule has 4 heteroatoms. The topological polar surface area (TPSA) is 23.5 Å². The standard InChI is InChI=1S/C8H12ClNO.ClH/c9-5-6-1-3-10-4-2-7(11)8(6)10;/h1,7-8,11H,2-5H2;1H. The summed E-state index contributed by atoms with van der Waals surface area (Å²) in [4.78, 5) is 2.28. The molecule has 2 nitrogen and oxygen atoms in total. The maximum absolute atomic E-state index is 9.56. The lowest BCUT2D eigenvalue weighted by molar-refractivity contribution is 0.147. The van der Waals surface area contributed by atoms with Gasteiger partial charge in [-0.05, 0) is 12.0 Å². The molecule has 0 aromatic rings. The monoisotopic (exact) mass is 209 g/mol. The molecule has 12 heavy (non-hydrogen) atoms. The predicted molar refractivity (Wildman–Crippen MR) is 52.0 cm³/mol. The Kier molecular flexibility index (Phi) is 3.41. The maximum atomic E-state index is 9.56. The Labute approximate surface area is 83.6 Å². The Bertz CT molecular complexity index is 195. The predicted octanol–water partition coefficient (Wildman–Crippen LogP) is 1.02. The maximum Gasteiger partial charge on any atom is 0.0746 e. The van der Waals surface area contributed by atoms with Crippen molar-refractivity contribution in [2.45, 2.75) is 18.6 Å². The van der Waals surface area contributed by atoms with Crippen LogP contribution in [0.5, 0.6) is 0 Å². The minimum Gasteiger partial charge on any atom is -0.391 e. The molecule has 2 rings (SSSR count). The second kappa shape index (κ2) is 3.97. The number of alkyl halides is 1. The lowest BCUT2D eigenvalue weighted by atomic mass is 10.1. The number of hydrogen-bond acceptors (Lipinski definition) is 2. The molecule has 0 bridgehead atoms. The largest absolute Gasteiger partial charge is 0.391 e. The normalized spacial score (nSPS) is 34.3. The SMILES string of the molecule is Cl.OC1CCN2CC=C(CCl)C12. The van der Waals surface area contributed by atoms with Gasteiger partial charge in [-0.1, -0.05) is 6.08 Å². The van der Waals surface area contributed by atoms with Crippen LogP contribution in [0.15, 0.2) is 11.6 Å². The average molecular weight is 210 g/mol. The van der Waals surface area contributed by atoms with Gasteiger partial charge < -0.3 is 5.11 Å². The molecule has 2 atom stereocenters. The molecule has 0 aromatic carbocycles. The summed E-state index contributed by atoms with van der Waals surface area (Å²) in [5.74, 6) is 0.568. The van der Waals surface area contributed by atoms with E-state index in [0.717, 1.165) is 19.5 Å². The van der Waals surface area contributed by atoms with E-state index in [0.29, 0.717) is 5.88 Å². The van der Waals surface area contributed by atoms with Crippen LogP contribution in [-0.2, 0) is 0 Å². The molecule has 2 aliphatic rings. The zero-order valence-electron chi connectivity index (χ0n) is 6.74. The van der Waals surface area contributed by atoms with Crippen molar-refractivity contribution in [3.05, 3.63) is 11.6 Å². The fraction of sp³-hybridized carbons (Fsp3) is 0.750. The molecular weight excluding hydrogens is 197 g/mol. The lowest BCUT2D eigenvalue weighted by Gasteiger charge is -2.19. The Morgan fingerprint density at radius 3 is 3.08 bits per heavy atom. The van der Waals surface area contributed by atoms with Crippen molar-refractivity contribution in [3.8, 4) is 0 Å². The summed E-state index contributed by atoms with van der Waals surface area (Å²) in [7, 11) is 0. The van der Waals surface area contributed by atoms with Gasteiger partial charge in [0, 0.05) is 19.0 Å². The first kappa shape index (κ1) is 10.3. The third-order valence-corrected chi connectivity index (χ3v) is 2.90. The van der Waals surface area contributed by atoms with Crippen LogP contribution in [0.4, 0.5) is 0 Å². The highest BCUT2D eigenvalue weighted by atomic mass is 35.5. The molecular formula is C8H13Cl2NO. The summed E-state index contributed by atoms with van der Waals surface area (Å²) in [6, 6.07) is 0.243. The molecule has 2 heterocycles. The van der Waals surface area contributed by atoms with Crippen LogP contribution in [0.3, 0.4) is 0 Å². The van der Waals surface area contributed by atoms with E-state index in [1.807, 2.05) is 0 Å². The van der Waals surface area contributed by atoms with Crippen molar-refractivity contribution < 1.29 is 5.11 Å². The minimum absolute atomic E-state index is 0. The molecule has 1 saturated heterocycles. The number of halogens is 2. The summed E-state index contributed by atoms with van der Waals surface area (Å²) in [6.45, 7) is 1.99. The van der Waals surface area contributed by atoms with E-state index in [1.54, 1.807) is 0 Å². The van der Waals surface area contributed by atoms with Gasteiger partial charge in [0.15, 0.2) is 0 Å². The van der Waals surface area contributed by atoms with E-state index in [4.69, 9.17) is 11.6 Å². The number of rotatable bonds is 1. The average Bonchev–Trinajstić information content (AvgIpc) is 2.54. The van der Waals surface area contributed by atoms with Gasteiger partial charge in [0.2, 0.25) is 0 Å². The van der Waals surface area contributed by atoms with Gasteiger partial charge in [-0.15, -0.1) is 24.0 Å². The third-order valence-electron chi connectivity index (χ3n) is 2.59. The van der Waals surface area contributed by atoms with Gasteiger partial charge in [-0.25, -0.2) is 0 Å². The van der Waals surface area contributed by atoms with Crippen molar-refractivity contribution in [2.24, 2.45) is 0 Å². The van der Waals surface area contributed by atoms with Crippen molar-refractivity contribution in [2.75, 3.05) is 19.0 Å². The van der Waals surface area contributed by atoms with E-state index in [1.165, 1.54) is 5.57 Å². The first-order chi connectivity index (χ1) is 5.33. The summed E-state index contributed by atoms with van der Waals surface area (Å²) >= 11 is 5.73. The molecule has 0 spiro atoms. The van der Waals surface area contributed by atoms with Crippen LogP contribution >= 0.6 is 24.0 Å². The van der Waals surface area contributed by atoms with Gasteiger partial charge in [-0.2, -0.15) is 0 Å². The molecule has 0 saturated carbocycles. The van der Waals surface area contributed by atoms with Crippen molar-refractivity contribution in [1.82, 2.24) is 4.90 Å². The highest BCUT2D eigenvalue weighted by Crippen LogP contribution is 2.29. The van der Waals surface area contributed by atoms with Crippen LogP contribution in [0.2, 0.25) is 0 Å². The Hall–Kier alpha value is 0.240. The van der Waals surface area contributed by atoms with Crippen LogP contribution in [0, 0.1) is 0 Å². The number of nitrogens with zero attached hydrogens (tertiary/aromatic N) is 1. The number of hydrogen-bond donors (Lipinski definition) is 1. The zero-order chi connectivity index (χ0) is 7.84. The molecule has 2 aliphatic heterocycles. The summed E-state index contributed by atoms with van der Waals surface area (Å²) < 4.78 is 0. The van der Waals surface area contributed by atoms with E-state index < -0.39 is 0 Å². The fourth-order valence-corrected chi connectivity index (χ4v) is 2.28. The van der Waals surface area contributed by atoms with Gasteiger partial charge in [-0.3, -0.25) is 4.90 Å². The highest BCUT2D eigenvalue weighted by molar-refractivity contribution is 6.19. The molecule has 0 aliphatic carbocycles. The molecule has 0 aromatic heterocycles. The lowest BCUT2D eigenvalue weighted by Crippen LogP contribution is -2.32. The smallest absolute Gasteiger partial charge is 0.0746 e. The molecule has 2 unspecified atom stereocenters. The van der Waals surface area contributed by atoms with Gasteiger partial charge in [0.05, 0.1) is 12.1 Å². The van der Waals surface area contributed by atoms with Crippen molar-refractivity contribution in [1.29, 1.82) is 0 Å².